The molecule has 0 heterocycles. The lowest BCUT2D eigenvalue weighted by Crippen LogP contribution is -0.290. The highest BCUT2D eigenvalue weighted by Crippen LogP contribution is 0.649. The number of rotatable bonds is 0. The van der Waals surface area contributed by atoms with Crippen LogP contribution in [-0.4, -0.2) is 11.0 Å². The molecule has 6 heavy (non-hydrogen) atoms. The summed E-state index contributed by atoms with van der Waals surface area (Å²) < 4.78 is 0. The quantitative estimate of drug-likeness (QED) is 0.444. The zero-order chi connectivity index (χ0) is 0. The summed E-state index contributed by atoms with van der Waals surface area (Å²) in [6, 6.07) is 0. The highest BCUT2D eigenvalue weighted by molar-refractivity contribution is 7.59. The SMILES string of the molecule is C.C.O.O.S.S. The van der Waals surface area contributed by atoms with Gasteiger partial charge in [-0.3, -0.25) is 0 Å². The predicted octanol–water partition coefficient (Wildman–Crippen LogP) is -0.152. The van der Waals surface area contributed by atoms with Crippen LogP contribution >= 0.6 is 27.0 Å². The van der Waals surface area contributed by atoms with E-state index < -0.39 is 0 Å². The Morgan fingerprint density at radius 2 is 0.500 bits per heavy atom. The summed E-state index contributed by atoms with van der Waals surface area (Å²) in [6.07, 6.45) is 0. The van der Waals surface area contributed by atoms with Gasteiger partial charge in [0.15, 0.2) is 0 Å². The summed E-state index contributed by atoms with van der Waals surface area (Å²) in [5, 5.41) is 0. The zero-order valence-electron chi connectivity index (χ0n) is 2.00. The van der Waals surface area contributed by atoms with Gasteiger partial charge in [-0.2, -0.15) is 27.0 Å². The molecule has 0 bridgehead atoms. The van der Waals surface area contributed by atoms with Crippen molar-refractivity contribution in [2.75, 3.05) is 0 Å². The maximum atomic E-state index is 0. The van der Waals surface area contributed by atoms with Crippen LogP contribution in [0.4, 0.5) is 0 Å². The van der Waals surface area contributed by atoms with Crippen molar-refractivity contribution in [2.24, 2.45) is 0 Å². The van der Waals surface area contributed by atoms with Gasteiger partial charge in [0.05, 0.1) is 0 Å². The Kier molecular flexibility index (Phi) is 28300. The van der Waals surface area contributed by atoms with Crippen molar-refractivity contribution in [3.63, 3.8) is 0 Å². The molecule has 0 saturated heterocycles. The monoisotopic (exact) mass is 136 g/mol. The summed E-state index contributed by atoms with van der Waals surface area (Å²) in [4.78, 5) is 0. The lowest BCUT2D eigenvalue weighted by Gasteiger charge is -0.413. The molecule has 0 fully saturated rings. The molecule has 0 aromatic rings. The molecule has 0 atom stereocenters. The zero-order valence-corrected chi connectivity index (χ0v) is 4.00. The molecule has 48 valence electrons. The van der Waals surface area contributed by atoms with Gasteiger partial charge in [-0.25, -0.2) is 0 Å². The van der Waals surface area contributed by atoms with E-state index in [1.165, 1.54) is 0 Å². The Balaban J connectivity index is 0. The standard InChI is InChI=1S/2CH4.2H2O.2H2S/h2*1H4;4*1H2. The van der Waals surface area contributed by atoms with E-state index in [1.54, 1.807) is 0 Å². The van der Waals surface area contributed by atoms with Gasteiger partial charge in [0.25, 0.3) is 0 Å². The summed E-state index contributed by atoms with van der Waals surface area (Å²) >= 11 is 0. The Bertz CT molecular complexity index is 9.51. The lowest BCUT2D eigenvalue weighted by molar-refractivity contribution is 0.823. The molecule has 0 amide bonds. The largest absolute Gasteiger partial charge is 0.412 e. The molecule has 0 aliphatic carbocycles. The van der Waals surface area contributed by atoms with Crippen molar-refractivity contribution < 1.29 is 11.0 Å². The average Bonchev–Trinajstić information content (AvgIpc) is 0. The normalized spacial score (nSPS) is 0. The lowest BCUT2D eigenvalue weighted by atomic mass is 12.0. The van der Waals surface area contributed by atoms with Crippen LogP contribution in [0.5, 0.6) is 0 Å². The maximum Gasteiger partial charge on any atom is -0.0776 e. The topological polar surface area (TPSA) is 63.0 Å². The predicted molar refractivity (Wildman–Crippen MR) is 41.5 cm³/mol. The fourth-order valence-electron chi connectivity index (χ4n) is 0. The summed E-state index contributed by atoms with van der Waals surface area (Å²) in [7, 11) is 0. The molecule has 0 aliphatic rings. The third-order valence-electron chi connectivity index (χ3n) is 0. The molecule has 0 unspecified atom stereocenters. The summed E-state index contributed by atoms with van der Waals surface area (Å²) in [6.45, 7) is 0. The van der Waals surface area contributed by atoms with E-state index in [-0.39, 0.29) is 52.8 Å². The van der Waals surface area contributed by atoms with Gasteiger partial charge >= 0.3 is 0 Å². The third kappa shape index (κ3) is 157. The first kappa shape index (κ1) is 544. The van der Waals surface area contributed by atoms with E-state index in [0.717, 1.165) is 0 Å². The number of hydrogen-bond donors (Lipinski definition) is 0. The fraction of sp³-hybridized carbons (Fsp3) is 1.00. The van der Waals surface area contributed by atoms with Crippen molar-refractivity contribution in [2.45, 2.75) is 14.9 Å². The first-order valence-electron chi connectivity index (χ1n) is 0. The Morgan fingerprint density at radius 1 is 0.500 bits per heavy atom. The van der Waals surface area contributed by atoms with Crippen LogP contribution in [0, 0.1) is 0 Å². The molecule has 0 aromatic carbocycles. The average molecular weight is 136 g/mol. The van der Waals surface area contributed by atoms with E-state index in [9.17, 15) is 0 Å². The Morgan fingerprint density at radius 3 is 0.500 bits per heavy atom. The van der Waals surface area contributed by atoms with Crippen LogP contribution < -0.4 is 0 Å². The van der Waals surface area contributed by atoms with Crippen LogP contribution in [0.3, 0.4) is 0 Å². The van der Waals surface area contributed by atoms with Gasteiger partial charge in [-0.05, 0) is 0 Å². The second-order valence-electron chi connectivity index (χ2n) is 0. The van der Waals surface area contributed by atoms with Crippen LogP contribution in [-0.2, 0) is 0 Å². The molecule has 0 saturated carbocycles. The van der Waals surface area contributed by atoms with Crippen LogP contribution in [0.1, 0.15) is 14.9 Å². The molecular formula is C2H16O2S2. The second kappa shape index (κ2) is 312. The van der Waals surface area contributed by atoms with E-state index in [0.29, 0.717) is 0 Å². The van der Waals surface area contributed by atoms with E-state index in [1.807, 2.05) is 0 Å². The molecule has 0 radical (unpaired) electrons. The van der Waals surface area contributed by atoms with Gasteiger partial charge in [0, 0.05) is 0 Å². The van der Waals surface area contributed by atoms with Gasteiger partial charge < -0.3 is 11.0 Å². The van der Waals surface area contributed by atoms with Crippen LogP contribution in [0.25, 0.3) is 0 Å². The van der Waals surface area contributed by atoms with Crippen molar-refractivity contribution >= 4 is 27.0 Å². The number of hydrogen-bond acceptors (Lipinski definition) is 0. The minimum Gasteiger partial charge on any atom is -0.412 e. The Hall–Kier alpha value is 0.620. The maximum absolute atomic E-state index is 0. The molecule has 2 nitrogen and oxygen atoms in total. The fourth-order valence-corrected chi connectivity index (χ4v) is 0. The molecule has 0 aliphatic heterocycles. The molecule has 0 spiro atoms. The molecule has 0 aromatic heterocycles. The minimum atomic E-state index is 0. The van der Waals surface area contributed by atoms with Crippen molar-refractivity contribution in [1.29, 1.82) is 0 Å². The van der Waals surface area contributed by atoms with E-state index >= 15 is 0 Å². The summed E-state index contributed by atoms with van der Waals surface area (Å²) in [5.74, 6) is 0. The van der Waals surface area contributed by atoms with Gasteiger partial charge in [-0.15, -0.1) is 0 Å². The van der Waals surface area contributed by atoms with Crippen molar-refractivity contribution in [3.8, 4) is 0 Å². The van der Waals surface area contributed by atoms with Gasteiger partial charge in [0.1, 0.15) is 0 Å². The molecule has 0 rings (SSSR count). The Labute approximate surface area is 53.5 Å². The molecule has 4 N–H and O–H groups in total. The highest BCUT2D eigenvalue weighted by Gasteiger charge is -0.0765. The minimum absolute atomic E-state index is 0. The van der Waals surface area contributed by atoms with Crippen molar-refractivity contribution in [3.05, 3.63) is 0 Å². The first-order valence-corrected chi connectivity index (χ1v) is 0. The van der Waals surface area contributed by atoms with Crippen LogP contribution in [0.15, 0.2) is 0 Å². The highest BCUT2D eigenvalue weighted by atomic mass is 32.1. The van der Waals surface area contributed by atoms with Crippen LogP contribution in [0.2, 0.25) is 0 Å². The molecule has 4 heteroatoms. The smallest absolute Gasteiger partial charge is 0.0776 e. The second-order valence-corrected chi connectivity index (χ2v) is 0. The molecular weight excluding hydrogens is 120 g/mol. The van der Waals surface area contributed by atoms with Crippen molar-refractivity contribution in [1.82, 2.24) is 0 Å². The third-order valence-corrected chi connectivity index (χ3v) is 0. The van der Waals surface area contributed by atoms with E-state index in [4.69, 9.17) is 0 Å². The first-order chi connectivity index (χ1) is 0. The van der Waals surface area contributed by atoms with Gasteiger partial charge in [-0.1, -0.05) is 14.9 Å². The summed E-state index contributed by atoms with van der Waals surface area (Å²) in [5.41, 5.74) is 0. The van der Waals surface area contributed by atoms with Gasteiger partial charge in [0.2, 0.25) is 0 Å². The van der Waals surface area contributed by atoms with E-state index in [2.05, 4.69) is 0 Å².